The highest BCUT2D eigenvalue weighted by Gasteiger charge is 2.32. The Kier molecular flexibility index (Phi) is 6.17. The maximum atomic E-state index is 11.6. The van der Waals surface area contributed by atoms with E-state index in [-0.39, 0.29) is 17.0 Å². The minimum Gasteiger partial charge on any atom is -0.790 e. The monoisotopic (exact) mass is 485 g/mol. The third-order valence-corrected chi connectivity index (χ3v) is 7.06. The molecular formula is C10H10N5O12P3-4. The summed E-state index contributed by atoms with van der Waals surface area (Å²) in [5.74, 6) is -0.409. The number of aliphatic hydroxyl groups excluding tert-OH is 1. The van der Waals surface area contributed by atoms with Gasteiger partial charge in [-0.05, 0) is 0 Å². The van der Waals surface area contributed by atoms with Crippen molar-refractivity contribution in [2.75, 3.05) is 12.3 Å². The number of fused-ring (bicyclic) bond motifs is 1. The lowest BCUT2D eigenvalue weighted by Crippen LogP contribution is -2.23. The van der Waals surface area contributed by atoms with Gasteiger partial charge >= 0.3 is 0 Å². The van der Waals surface area contributed by atoms with Gasteiger partial charge in [0.1, 0.15) is 23.7 Å². The first-order valence-corrected chi connectivity index (χ1v) is 11.8. The Balaban J connectivity index is 1.65. The SMILES string of the molecule is Nc1ncnc2c1ncn2[C@H]1C=C(O)[C@@H](COP(=O)([O-])OP(=O)([O-])OP(=O)([O-])[O-])O1. The number of hydrogen-bond acceptors (Lipinski definition) is 16. The molecule has 1 aliphatic rings. The quantitative estimate of drug-likeness (QED) is 0.368. The molecule has 0 aliphatic carbocycles. The summed E-state index contributed by atoms with van der Waals surface area (Å²) in [5, 5.41) is 9.94. The average Bonchev–Trinajstić information content (AvgIpc) is 3.14. The summed E-state index contributed by atoms with van der Waals surface area (Å²) >= 11 is 0. The third kappa shape index (κ3) is 5.49. The van der Waals surface area contributed by atoms with E-state index in [0.29, 0.717) is 0 Å². The van der Waals surface area contributed by atoms with Crippen LogP contribution < -0.4 is 25.3 Å². The zero-order valence-electron chi connectivity index (χ0n) is 14.2. The second-order valence-electron chi connectivity index (χ2n) is 5.49. The van der Waals surface area contributed by atoms with Crippen LogP contribution in [0.4, 0.5) is 5.82 Å². The number of nitrogens with two attached hydrogens (primary N) is 1. The van der Waals surface area contributed by atoms with E-state index in [0.717, 1.165) is 12.4 Å². The first-order valence-electron chi connectivity index (χ1n) is 7.47. The van der Waals surface area contributed by atoms with Crippen LogP contribution in [-0.2, 0) is 31.6 Å². The molecule has 2 unspecified atom stereocenters. The molecule has 0 aromatic carbocycles. The van der Waals surface area contributed by atoms with Crippen LogP contribution in [0.2, 0.25) is 0 Å². The van der Waals surface area contributed by atoms with Crippen molar-refractivity contribution in [3.8, 4) is 0 Å². The Bertz CT molecular complexity index is 1130. The van der Waals surface area contributed by atoms with E-state index in [2.05, 4.69) is 28.1 Å². The van der Waals surface area contributed by atoms with Crippen molar-refractivity contribution < 1.29 is 56.3 Å². The summed E-state index contributed by atoms with van der Waals surface area (Å²) in [4.78, 5) is 55.0. The van der Waals surface area contributed by atoms with Crippen LogP contribution in [0.15, 0.2) is 24.5 Å². The summed E-state index contributed by atoms with van der Waals surface area (Å²) in [7, 11) is -17.9. The van der Waals surface area contributed by atoms with E-state index in [1.807, 2.05) is 0 Å². The summed E-state index contributed by atoms with van der Waals surface area (Å²) in [6.07, 6.45) is 1.15. The molecule has 3 rings (SSSR count). The van der Waals surface area contributed by atoms with Crippen molar-refractivity contribution in [1.29, 1.82) is 0 Å². The van der Waals surface area contributed by atoms with Crippen LogP contribution in [0.1, 0.15) is 6.23 Å². The number of hydrogen-bond donors (Lipinski definition) is 2. The molecule has 0 spiro atoms. The van der Waals surface area contributed by atoms with Gasteiger partial charge in [0.25, 0.3) is 15.6 Å². The number of nitrogens with zero attached hydrogens (tertiary/aromatic N) is 4. The van der Waals surface area contributed by atoms with Crippen LogP contribution in [0.25, 0.3) is 11.2 Å². The summed E-state index contributed by atoms with van der Waals surface area (Å²) in [6.45, 7) is -0.976. The van der Waals surface area contributed by atoms with E-state index in [4.69, 9.17) is 10.5 Å². The molecule has 0 saturated carbocycles. The fourth-order valence-corrected chi connectivity index (χ4v) is 5.15. The molecule has 0 radical (unpaired) electrons. The second-order valence-corrected chi connectivity index (χ2v) is 9.74. The minimum atomic E-state index is -6.10. The van der Waals surface area contributed by atoms with E-state index < -0.39 is 48.2 Å². The normalized spacial score (nSPS) is 23.8. The molecule has 0 fully saturated rings. The predicted molar refractivity (Wildman–Crippen MR) is 85.3 cm³/mol. The van der Waals surface area contributed by atoms with Gasteiger partial charge in [-0.25, -0.2) is 19.3 Å². The van der Waals surface area contributed by atoms with Gasteiger partial charge < -0.3 is 44.2 Å². The molecule has 1 aliphatic heterocycles. The van der Waals surface area contributed by atoms with Crippen molar-refractivity contribution in [1.82, 2.24) is 19.5 Å². The molecule has 166 valence electrons. The molecule has 4 atom stereocenters. The molecule has 0 amide bonds. The summed E-state index contributed by atoms with van der Waals surface area (Å²) in [5.41, 5.74) is 6.14. The van der Waals surface area contributed by atoms with Gasteiger partial charge in [-0.1, -0.05) is 0 Å². The van der Waals surface area contributed by atoms with Gasteiger partial charge in [-0.3, -0.25) is 18.0 Å². The maximum absolute atomic E-state index is 11.6. The van der Waals surface area contributed by atoms with Crippen molar-refractivity contribution >= 4 is 40.4 Å². The van der Waals surface area contributed by atoms with E-state index in [1.165, 1.54) is 10.9 Å². The lowest BCUT2D eigenvalue weighted by molar-refractivity contribution is -0.339. The molecule has 3 N–H and O–H groups in total. The average molecular weight is 485 g/mol. The van der Waals surface area contributed by atoms with Crippen LogP contribution in [0, 0.1) is 0 Å². The highest BCUT2D eigenvalue weighted by molar-refractivity contribution is 7.64. The molecule has 17 nitrogen and oxygen atoms in total. The Morgan fingerprint density at radius 2 is 1.83 bits per heavy atom. The fraction of sp³-hybridized carbons (Fsp3) is 0.300. The number of nitrogen functional groups attached to an aromatic ring is 1. The number of aromatic nitrogens is 4. The molecule has 3 heterocycles. The molecule has 2 aromatic rings. The van der Waals surface area contributed by atoms with Crippen LogP contribution in [0.5, 0.6) is 0 Å². The molecule has 0 saturated heterocycles. The largest absolute Gasteiger partial charge is 0.790 e. The molecule has 2 aromatic heterocycles. The first kappa shape index (κ1) is 22.9. The highest BCUT2D eigenvalue weighted by Crippen LogP contribution is 2.60. The summed E-state index contributed by atoms with van der Waals surface area (Å²) in [6, 6.07) is 0. The molecule has 0 bridgehead atoms. The zero-order chi connectivity index (χ0) is 22.3. The Morgan fingerprint density at radius 3 is 2.50 bits per heavy atom. The van der Waals surface area contributed by atoms with E-state index in [1.54, 1.807) is 0 Å². The highest BCUT2D eigenvalue weighted by atomic mass is 31.3. The zero-order valence-corrected chi connectivity index (χ0v) is 16.9. The molecule has 20 heteroatoms. The number of phosphoric ester groups is 1. The van der Waals surface area contributed by atoms with Crippen molar-refractivity contribution in [2.45, 2.75) is 12.3 Å². The maximum Gasteiger partial charge on any atom is 0.278 e. The van der Waals surface area contributed by atoms with E-state index in [9.17, 15) is 38.4 Å². The number of anilines is 1. The number of ether oxygens (including phenoxy) is 1. The van der Waals surface area contributed by atoms with Crippen LogP contribution in [-0.4, -0.2) is 37.3 Å². The van der Waals surface area contributed by atoms with Gasteiger partial charge in [0.15, 0.2) is 17.7 Å². The summed E-state index contributed by atoms with van der Waals surface area (Å²) < 4.78 is 50.4. The molecule has 30 heavy (non-hydrogen) atoms. The fourth-order valence-electron chi connectivity index (χ4n) is 2.30. The van der Waals surface area contributed by atoms with Crippen LogP contribution in [0.3, 0.4) is 0 Å². The minimum absolute atomic E-state index is 0.0826. The smallest absolute Gasteiger partial charge is 0.278 e. The van der Waals surface area contributed by atoms with Crippen molar-refractivity contribution in [2.24, 2.45) is 0 Å². The first-order chi connectivity index (χ1) is 13.8. The Morgan fingerprint density at radius 1 is 1.13 bits per heavy atom. The van der Waals surface area contributed by atoms with E-state index >= 15 is 0 Å². The van der Waals surface area contributed by atoms with Gasteiger partial charge in [0.05, 0.1) is 20.8 Å². The van der Waals surface area contributed by atoms with Gasteiger partial charge in [0.2, 0.25) is 0 Å². The lowest BCUT2D eigenvalue weighted by atomic mass is 10.3. The van der Waals surface area contributed by atoms with Crippen molar-refractivity contribution in [3.05, 3.63) is 24.5 Å². The van der Waals surface area contributed by atoms with Crippen molar-refractivity contribution in [3.63, 3.8) is 0 Å². The number of imidazole rings is 1. The van der Waals surface area contributed by atoms with Crippen LogP contribution >= 0.6 is 23.5 Å². The van der Waals surface area contributed by atoms with Gasteiger partial charge in [-0.2, -0.15) is 0 Å². The Hall–Kier alpha value is -1.74. The molecular weight excluding hydrogens is 475 g/mol. The van der Waals surface area contributed by atoms with Gasteiger partial charge in [-0.15, -0.1) is 0 Å². The second kappa shape index (κ2) is 8.07. The standard InChI is InChI=1S/C10H14N5O12P3/c11-9-8-10(13-3-12-9)15(4-14-8)7-1-5(16)6(25-7)2-24-29(20,21)27-30(22,23)26-28(17,18)19/h1,3-4,6-7,16H,2H2,(H,20,21)(H,22,23)(H2,11,12,13)(H2,17,18,19)/p-4/t6-,7-/m1/s1. The number of rotatable bonds is 8. The predicted octanol–water partition coefficient (Wildman–Crippen LogP) is -2.44. The lowest BCUT2D eigenvalue weighted by Gasteiger charge is -2.37. The van der Waals surface area contributed by atoms with Gasteiger partial charge in [0, 0.05) is 6.08 Å². The third-order valence-electron chi connectivity index (χ3n) is 3.39. The number of aliphatic hydroxyl groups is 1. The Labute approximate surface area is 166 Å². The number of phosphoric acid groups is 3. The topological polar surface area (TPSA) is 270 Å².